The van der Waals surface area contributed by atoms with Gasteiger partial charge in [-0.05, 0) is 56.5 Å². The van der Waals surface area contributed by atoms with Gasteiger partial charge in [0.25, 0.3) is 0 Å². The number of hydrogen-bond acceptors (Lipinski definition) is 2. The predicted molar refractivity (Wildman–Crippen MR) is 82.2 cm³/mol. The molecule has 106 valence electrons. The average Bonchev–Trinajstić information content (AvgIpc) is 2.42. The van der Waals surface area contributed by atoms with Crippen LogP contribution in [0, 0.1) is 13.8 Å². The number of hydrogen-bond donors (Lipinski definition) is 1. The summed E-state index contributed by atoms with van der Waals surface area (Å²) in [5.74, 6) is 0.788. The highest BCUT2D eigenvalue weighted by Gasteiger charge is 2.27. The topological polar surface area (TPSA) is 29.5 Å². The van der Waals surface area contributed by atoms with E-state index < -0.39 is 5.60 Å². The molecule has 20 heavy (non-hydrogen) atoms. The predicted octanol–water partition coefficient (Wildman–Crippen LogP) is 3.96. The van der Waals surface area contributed by atoms with Gasteiger partial charge in [-0.3, -0.25) is 0 Å². The van der Waals surface area contributed by atoms with E-state index in [0.717, 1.165) is 28.0 Å². The lowest BCUT2D eigenvalue weighted by Gasteiger charge is -2.27. The maximum absolute atomic E-state index is 11.0. The highest BCUT2D eigenvalue weighted by Crippen LogP contribution is 2.33. The monoisotopic (exact) mass is 270 g/mol. The molecule has 1 atom stereocenters. The Bertz CT molecular complexity index is 600. The van der Waals surface area contributed by atoms with Gasteiger partial charge in [0.2, 0.25) is 0 Å². The summed E-state index contributed by atoms with van der Waals surface area (Å²) in [6.07, 6.45) is 0. The molecule has 0 fully saturated rings. The molecule has 2 nitrogen and oxygen atoms in total. The zero-order valence-electron chi connectivity index (χ0n) is 12.6. The normalized spacial score (nSPS) is 13.8. The first-order chi connectivity index (χ1) is 9.45. The molecule has 0 aliphatic rings. The highest BCUT2D eigenvalue weighted by molar-refractivity contribution is 5.43. The average molecular weight is 270 g/mol. The van der Waals surface area contributed by atoms with Crippen LogP contribution in [-0.4, -0.2) is 11.7 Å². The molecular weight excluding hydrogens is 248 g/mol. The minimum absolute atomic E-state index is 0.620. The summed E-state index contributed by atoms with van der Waals surface area (Å²) in [5.41, 5.74) is 2.99. The number of benzene rings is 2. The molecule has 0 aliphatic carbocycles. The Balaban J connectivity index is 2.48. The largest absolute Gasteiger partial charge is 0.494 e. The Kier molecular flexibility index (Phi) is 4.15. The maximum Gasteiger partial charge on any atom is 0.119 e. The molecule has 1 unspecified atom stereocenters. The summed E-state index contributed by atoms with van der Waals surface area (Å²) in [4.78, 5) is 0. The fourth-order valence-corrected chi connectivity index (χ4v) is 2.47. The molecule has 2 heteroatoms. The van der Waals surface area contributed by atoms with Crippen molar-refractivity contribution in [2.75, 3.05) is 6.61 Å². The third-order valence-corrected chi connectivity index (χ3v) is 3.62. The zero-order valence-corrected chi connectivity index (χ0v) is 12.6. The van der Waals surface area contributed by atoms with Gasteiger partial charge in [-0.2, -0.15) is 0 Å². The number of rotatable bonds is 4. The van der Waals surface area contributed by atoms with Crippen LogP contribution in [0.5, 0.6) is 5.75 Å². The second-order valence-corrected chi connectivity index (χ2v) is 5.35. The number of aryl methyl sites for hydroxylation is 2. The van der Waals surface area contributed by atoms with Crippen LogP contribution in [0.3, 0.4) is 0 Å². The SMILES string of the molecule is CCOc1cccc(C(C)(O)c2cc(C)ccc2C)c1. The van der Waals surface area contributed by atoms with E-state index in [4.69, 9.17) is 4.74 Å². The molecule has 2 rings (SSSR count). The van der Waals surface area contributed by atoms with Crippen molar-refractivity contribution in [2.24, 2.45) is 0 Å². The van der Waals surface area contributed by atoms with Crippen LogP contribution >= 0.6 is 0 Å². The van der Waals surface area contributed by atoms with Crippen molar-refractivity contribution in [3.8, 4) is 5.75 Å². The molecule has 0 amide bonds. The van der Waals surface area contributed by atoms with Gasteiger partial charge in [-0.25, -0.2) is 0 Å². The smallest absolute Gasteiger partial charge is 0.119 e. The molecule has 0 heterocycles. The number of aliphatic hydroxyl groups is 1. The lowest BCUT2D eigenvalue weighted by atomic mass is 9.85. The minimum Gasteiger partial charge on any atom is -0.494 e. The van der Waals surface area contributed by atoms with Crippen molar-refractivity contribution in [1.82, 2.24) is 0 Å². The van der Waals surface area contributed by atoms with E-state index in [1.165, 1.54) is 0 Å². The van der Waals surface area contributed by atoms with Gasteiger partial charge in [-0.1, -0.05) is 35.9 Å². The van der Waals surface area contributed by atoms with Crippen molar-refractivity contribution >= 4 is 0 Å². The van der Waals surface area contributed by atoms with E-state index in [2.05, 4.69) is 6.07 Å². The van der Waals surface area contributed by atoms with Crippen molar-refractivity contribution in [3.05, 3.63) is 64.7 Å². The maximum atomic E-state index is 11.0. The summed E-state index contributed by atoms with van der Waals surface area (Å²) in [5, 5.41) is 11.0. The third-order valence-electron chi connectivity index (χ3n) is 3.62. The fraction of sp³-hybridized carbons (Fsp3) is 0.333. The van der Waals surface area contributed by atoms with E-state index in [0.29, 0.717) is 6.61 Å². The van der Waals surface area contributed by atoms with Crippen molar-refractivity contribution in [3.63, 3.8) is 0 Å². The van der Waals surface area contributed by atoms with Gasteiger partial charge >= 0.3 is 0 Å². The Morgan fingerprint density at radius 2 is 1.85 bits per heavy atom. The van der Waals surface area contributed by atoms with Crippen LogP contribution in [0.1, 0.15) is 36.1 Å². The molecule has 0 bridgehead atoms. The standard InChI is InChI=1S/C18H22O2/c1-5-20-16-8-6-7-15(12-16)18(4,19)17-11-13(2)9-10-14(17)3/h6-12,19H,5H2,1-4H3. The van der Waals surface area contributed by atoms with Gasteiger partial charge in [0, 0.05) is 0 Å². The molecule has 0 radical (unpaired) electrons. The summed E-state index contributed by atoms with van der Waals surface area (Å²) >= 11 is 0. The molecular formula is C18H22O2. The van der Waals surface area contributed by atoms with Crippen molar-refractivity contribution < 1.29 is 9.84 Å². The minimum atomic E-state index is -1.02. The van der Waals surface area contributed by atoms with Crippen LogP contribution in [0.25, 0.3) is 0 Å². The lowest BCUT2D eigenvalue weighted by molar-refractivity contribution is 0.101. The zero-order chi connectivity index (χ0) is 14.8. The van der Waals surface area contributed by atoms with Crippen molar-refractivity contribution in [2.45, 2.75) is 33.3 Å². The van der Waals surface area contributed by atoms with E-state index in [1.54, 1.807) is 0 Å². The Morgan fingerprint density at radius 1 is 1.10 bits per heavy atom. The summed E-state index contributed by atoms with van der Waals surface area (Å²) in [6.45, 7) is 8.47. The van der Waals surface area contributed by atoms with Gasteiger partial charge in [0.15, 0.2) is 0 Å². The summed E-state index contributed by atoms with van der Waals surface area (Å²) in [6, 6.07) is 13.8. The van der Waals surface area contributed by atoms with Crippen molar-refractivity contribution in [1.29, 1.82) is 0 Å². The fourth-order valence-electron chi connectivity index (χ4n) is 2.47. The Labute approximate surface area is 121 Å². The third kappa shape index (κ3) is 2.86. The van der Waals surface area contributed by atoms with Crippen LogP contribution in [0.4, 0.5) is 0 Å². The second-order valence-electron chi connectivity index (χ2n) is 5.35. The highest BCUT2D eigenvalue weighted by atomic mass is 16.5. The van der Waals surface area contributed by atoms with Crippen LogP contribution in [0.2, 0.25) is 0 Å². The molecule has 0 aliphatic heterocycles. The number of ether oxygens (including phenoxy) is 1. The summed E-state index contributed by atoms with van der Waals surface area (Å²) < 4.78 is 5.52. The first kappa shape index (κ1) is 14.6. The van der Waals surface area contributed by atoms with Crippen LogP contribution in [0.15, 0.2) is 42.5 Å². The lowest BCUT2D eigenvalue weighted by Crippen LogP contribution is -2.24. The van der Waals surface area contributed by atoms with Gasteiger partial charge in [0.05, 0.1) is 6.61 Å². The van der Waals surface area contributed by atoms with E-state index in [-0.39, 0.29) is 0 Å². The van der Waals surface area contributed by atoms with E-state index >= 15 is 0 Å². The first-order valence-electron chi connectivity index (χ1n) is 6.98. The van der Waals surface area contributed by atoms with Crippen LogP contribution in [-0.2, 0) is 5.60 Å². The summed E-state index contributed by atoms with van der Waals surface area (Å²) in [7, 11) is 0. The molecule has 1 N–H and O–H groups in total. The molecule has 0 saturated heterocycles. The Morgan fingerprint density at radius 3 is 2.55 bits per heavy atom. The van der Waals surface area contributed by atoms with Crippen LogP contribution < -0.4 is 4.74 Å². The van der Waals surface area contributed by atoms with E-state index in [9.17, 15) is 5.11 Å². The second kappa shape index (κ2) is 5.68. The molecule has 0 saturated carbocycles. The quantitative estimate of drug-likeness (QED) is 0.911. The molecule has 0 spiro atoms. The Hall–Kier alpha value is -1.80. The van der Waals surface area contributed by atoms with E-state index in [1.807, 2.05) is 64.1 Å². The molecule has 2 aromatic carbocycles. The van der Waals surface area contributed by atoms with Gasteiger partial charge in [0.1, 0.15) is 11.4 Å². The van der Waals surface area contributed by atoms with Gasteiger partial charge < -0.3 is 9.84 Å². The molecule has 0 aromatic heterocycles. The van der Waals surface area contributed by atoms with Gasteiger partial charge in [-0.15, -0.1) is 0 Å². The first-order valence-corrected chi connectivity index (χ1v) is 6.98. The molecule has 2 aromatic rings.